The van der Waals surface area contributed by atoms with Crippen LogP contribution in [-0.4, -0.2) is 26.3 Å². The molecule has 1 atom stereocenters. The lowest BCUT2D eigenvalue weighted by molar-refractivity contribution is 0.341. The minimum absolute atomic E-state index is 0.758. The van der Waals surface area contributed by atoms with Crippen molar-refractivity contribution < 1.29 is 9.47 Å². The van der Waals surface area contributed by atoms with E-state index in [2.05, 4.69) is 11.4 Å². The van der Waals surface area contributed by atoms with Crippen molar-refractivity contribution in [2.75, 3.05) is 26.3 Å². The Hall–Kier alpha value is -1.22. The van der Waals surface area contributed by atoms with E-state index in [0.29, 0.717) is 0 Å². The van der Waals surface area contributed by atoms with Crippen molar-refractivity contribution in [3.8, 4) is 11.5 Å². The van der Waals surface area contributed by atoms with E-state index in [-0.39, 0.29) is 0 Å². The minimum atomic E-state index is 0.758. The number of rotatable bonds is 2. The van der Waals surface area contributed by atoms with Gasteiger partial charge in [0.2, 0.25) is 0 Å². The summed E-state index contributed by atoms with van der Waals surface area (Å²) in [4.78, 5) is 0. The summed E-state index contributed by atoms with van der Waals surface area (Å²) in [7, 11) is 0. The van der Waals surface area contributed by atoms with Crippen molar-refractivity contribution in [3.05, 3.63) is 22.8 Å². The van der Waals surface area contributed by atoms with Gasteiger partial charge in [-0.15, -0.1) is 0 Å². The first-order valence-electron chi connectivity index (χ1n) is 7.56. The second-order valence-corrected chi connectivity index (χ2v) is 5.93. The predicted molar refractivity (Wildman–Crippen MR) is 74.1 cm³/mol. The first-order chi connectivity index (χ1) is 9.42. The highest BCUT2D eigenvalue weighted by atomic mass is 16.5. The molecule has 0 aliphatic carbocycles. The van der Waals surface area contributed by atoms with E-state index < -0.39 is 0 Å². The van der Waals surface area contributed by atoms with Crippen LogP contribution in [0.1, 0.15) is 29.5 Å². The molecule has 0 amide bonds. The number of benzene rings is 1. The van der Waals surface area contributed by atoms with Crippen LogP contribution in [0, 0.1) is 5.92 Å². The molecule has 1 unspecified atom stereocenters. The van der Waals surface area contributed by atoms with E-state index in [1.54, 1.807) is 0 Å². The summed E-state index contributed by atoms with van der Waals surface area (Å²) in [5, 5.41) is 3.52. The molecular formula is C16H21NO2. The van der Waals surface area contributed by atoms with Crippen LogP contribution >= 0.6 is 0 Å². The number of fused-ring (bicyclic) bond motifs is 2. The van der Waals surface area contributed by atoms with Crippen molar-refractivity contribution in [3.63, 3.8) is 0 Å². The molecule has 3 heterocycles. The van der Waals surface area contributed by atoms with Crippen LogP contribution < -0.4 is 14.8 Å². The molecule has 0 saturated carbocycles. The van der Waals surface area contributed by atoms with E-state index in [1.165, 1.54) is 41.8 Å². The molecule has 0 bridgehead atoms. The number of hydrogen-bond acceptors (Lipinski definition) is 3. The maximum Gasteiger partial charge on any atom is 0.126 e. The molecule has 1 N–H and O–H groups in total. The largest absolute Gasteiger partial charge is 0.493 e. The highest BCUT2D eigenvalue weighted by molar-refractivity contribution is 5.56. The van der Waals surface area contributed by atoms with Crippen LogP contribution in [0.4, 0.5) is 0 Å². The Morgan fingerprint density at radius 3 is 3.05 bits per heavy atom. The molecule has 1 fully saturated rings. The monoisotopic (exact) mass is 259 g/mol. The summed E-state index contributed by atoms with van der Waals surface area (Å²) < 4.78 is 11.7. The molecule has 0 aromatic heterocycles. The average molecular weight is 259 g/mol. The Labute approximate surface area is 114 Å². The van der Waals surface area contributed by atoms with Crippen LogP contribution in [0.5, 0.6) is 11.5 Å². The fourth-order valence-electron chi connectivity index (χ4n) is 3.69. The van der Waals surface area contributed by atoms with Crippen molar-refractivity contribution in [2.45, 2.75) is 32.1 Å². The molecule has 3 nitrogen and oxygen atoms in total. The Morgan fingerprint density at radius 1 is 1.21 bits per heavy atom. The standard InChI is InChI=1S/C16H21NO2/c1-2-11(10-17-5-1)8-14-13-4-7-18-15(13)9-12-3-6-19-16(12)14/h9,11,17H,1-8,10H2. The highest BCUT2D eigenvalue weighted by Crippen LogP contribution is 2.42. The van der Waals surface area contributed by atoms with E-state index >= 15 is 0 Å². The smallest absolute Gasteiger partial charge is 0.126 e. The molecule has 102 valence electrons. The molecule has 3 aliphatic heterocycles. The quantitative estimate of drug-likeness (QED) is 0.882. The second-order valence-electron chi connectivity index (χ2n) is 5.93. The van der Waals surface area contributed by atoms with Crippen molar-refractivity contribution in [1.29, 1.82) is 0 Å². The molecule has 1 aromatic carbocycles. The lowest BCUT2D eigenvalue weighted by Gasteiger charge is -2.24. The molecule has 0 spiro atoms. The van der Waals surface area contributed by atoms with Gasteiger partial charge in [-0.05, 0) is 44.3 Å². The predicted octanol–water partition coefficient (Wildman–Crippen LogP) is 2.10. The zero-order valence-corrected chi connectivity index (χ0v) is 11.3. The van der Waals surface area contributed by atoms with Crippen molar-refractivity contribution >= 4 is 0 Å². The number of ether oxygens (including phenoxy) is 2. The first-order valence-corrected chi connectivity index (χ1v) is 7.56. The third kappa shape index (κ3) is 2.00. The van der Waals surface area contributed by atoms with Gasteiger partial charge in [0.1, 0.15) is 11.5 Å². The summed E-state index contributed by atoms with van der Waals surface area (Å²) >= 11 is 0. The normalized spacial score (nSPS) is 24.5. The molecule has 1 aromatic rings. The first kappa shape index (κ1) is 11.6. The van der Waals surface area contributed by atoms with Gasteiger partial charge in [-0.25, -0.2) is 0 Å². The molecule has 4 rings (SSSR count). The number of hydrogen-bond donors (Lipinski definition) is 1. The van der Waals surface area contributed by atoms with Gasteiger partial charge in [-0.1, -0.05) is 0 Å². The van der Waals surface area contributed by atoms with Gasteiger partial charge >= 0.3 is 0 Å². The fraction of sp³-hybridized carbons (Fsp3) is 0.625. The summed E-state index contributed by atoms with van der Waals surface area (Å²) in [6.07, 6.45) is 5.90. The van der Waals surface area contributed by atoms with E-state index in [1.807, 2.05) is 0 Å². The molecular weight excluding hydrogens is 238 g/mol. The highest BCUT2D eigenvalue weighted by Gasteiger charge is 2.28. The molecule has 0 radical (unpaired) electrons. The lowest BCUT2D eigenvalue weighted by Crippen LogP contribution is -2.31. The summed E-state index contributed by atoms with van der Waals surface area (Å²) in [5.41, 5.74) is 4.24. The van der Waals surface area contributed by atoms with Crippen LogP contribution in [0.15, 0.2) is 6.07 Å². The average Bonchev–Trinajstić information content (AvgIpc) is 3.08. The van der Waals surface area contributed by atoms with Crippen LogP contribution in [0.3, 0.4) is 0 Å². The van der Waals surface area contributed by atoms with Gasteiger partial charge in [0.15, 0.2) is 0 Å². The number of piperidine rings is 1. The van der Waals surface area contributed by atoms with Gasteiger partial charge < -0.3 is 14.8 Å². The lowest BCUT2D eigenvalue weighted by atomic mass is 9.88. The Balaban J connectivity index is 1.69. The van der Waals surface area contributed by atoms with Crippen LogP contribution in [-0.2, 0) is 19.3 Å². The third-order valence-corrected chi connectivity index (χ3v) is 4.65. The SMILES string of the molecule is c1c2c(c(CC3CCCNC3)c3c1OCC3)OCC2. The second kappa shape index (κ2) is 4.71. The van der Waals surface area contributed by atoms with Gasteiger partial charge in [0.05, 0.1) is 13.2 Å². The van der Waals surface area contributed by atoms with Gasteiger partial charge in [-0.3, -0.25) is 0 Å². The zero-order chi connectivity index (χ0) is 12.7. The Bertz CT molecular complexity index is 460. The van der Waals surface area contributed by atoms with Gasteiger partial charge in [0.25, 0.3) is 0 Å². The zero-order valence-electron chi connectivity index (χ0n) is 11.3. The van der Waals surface area contributed by atoms with Gasteiger partial charge in [0, 0.05) is 29.5 Å². The summed E-state index contributed by atoms with van der Waals surface area (Å²) in [6.45, 7) is 4.02. The summed E-state index contributed by atoms with van der Waals surface area (Å²) in [5.74, 6) is 3.08. The van der Waals surface area contributed by atoms with Crippen molar-refractivity contribution in [1.82, 2.24) is 5.32 Å². The molecule has 3 aliphatic rings. The van der Waals surface area contributed by atoms with Crippen LogP contribution in [0.2, 0.25) is 0 Å². The minimum Gasteiger partial charge on any atom is -0.493 e. The maximum absolute atomic E-state index is 5.92. The van der Waals surface area contributed by atoms with Gasteiger partial charge in [-0.2, -0.15) is 0 Å². The Kier molecular flexibility index (Phi) is 2.87. The van der Waals surface area contributed by atoms with E-state index in [4.69, 9.17) is 9.47 Å². The fourth-order valence-corrected chi connectivity index (χ4v) is 3.69. The maximum atomic E-state index is 5.92. The van der Waals surface area contributed by atoms with Crippen LogP contribution in [0.25, 0.3) is 0 Å². The topological polar surface area (TPSA) is 30.5 Å². The van der Waals surface area contributed by atoms with E-state index in [0.717, 1.165) is 50.7 Å². The molecule has 19 heavy (non-hydrogen) atoms. The third-order valence-electron chi connectivity index (χ3n) is 4.65. The van der Waals surface area contributed by atoms with Crippen molar-refractivity contribution in [2.24, 2.45) is 5.92 Å². The Morgan fingerprint density at radius 2 is 2.16 bits per heavy atom. The molecule has 1 saturated heterocycles. The number of nitrogens with one attached hydrogen (secondary N) is 1. The molecule has 3 heteroatoms. The van der Waals surface area contributed by atoms with E-state index in [9.17, 15) is 0 Å². The summed E-state index contributed by atoms with van der Waals surface area (Å²) in [6, 6.07) is 2.22.